The molecule has 3 heterocycles. The molecule has 1 saturated carbocycles. The van der Waals surface area contributed by atoms with Gasteiger partial charge in [-0.1, -0.05) is 0 Å². The topological polar surface area (TPSA) is 101 Å². The minimum absolute atomic E-state index is 0.270. The molecule has 2 fully saturated rings. The Morgan fingerprint density at radius 1 is 1.06 bits per heavy atom. The molecule has 1 unspecified atom stereocenters. The van der Waals surface area contributed by atoms with Crippen LogP contribution in [0, 0.1) is 12.8 Å². The van der Waals surface area contributed by atoms with Crippen molar-refractivity contribution in [2.45, 2.75) is 57.5 Å². The van der Waals surface area contributed by atoms with Gasteiger partial charge in [0, 0.05) is 59.6 Å². The van der Waals surface area contributed by atoms with Crippen LogP contribution in [-0.4, -0.2) is 63.1 Å². The number of pyridine rings is 1. The Bertz CT molecular complexity index is 1030. The average Bonchev–Trinajstić information content (AvgIpc) is 2.80. The molecule has 8 nitrogen and oxygen atoms in total. The van der Waals surface area contributed by atoms with Crippen molar-refractivity contribution in [1.82, 2.24) is 19.7 Å². The summed E-state index contributed by atoms with van der Waals surface area (Å²) in [5, 5.41) is 7.04. The first kappa shape index (κ1) is 23.9. The molecule has 1 aliphatic heterocycles. The molecule has 1 aliphatic carbocycles. The van der Waals surface area contributed by atoms with E-state index in [1.54, 1.807) is 12.5 Å². The summed E-state index contributed by atoms with van der Waals surface area (Å²) in [6, 6.07) is 2.69. The maximum Gasteiger partial charge on any atom is 0.145 e. The molecule has 1 atom stereocenters. The van der Waals surface area contributed by atoms with Gasteiger partial charge < -0.3 is 15.4 Å². The minimum Gasteiger partial charge on any atom is -0.381 e. The Labute approximate surface area is 197 Å². The fourth-order valence-corrected chi connectivity index (χ4v) is 5.52. The van der Waals surface area contributed by atoms with Crippen molar-refractivity contribution in [3.63, 3.8) is 0 Å². The highest BCUT2D eigenvalue weighted by atomic mass is 32.2. The van der Waals surface area contributed by atoms with E-state index < -0.39 is 9.71 Å². The molecule has 0 radical (unpaired) electrons. The SMILES string of the molecule is C=S(C)(=O)NC1CCC(Nc2cc(-c3cncc(NCC4CCOCC4)n3)c(C)cn2)CC1. The van der Waals surface area contributed by atoms with E-state index in [1.807, 2.05) is 19.3 Å². The fraction of sp³-hybridized carbons (Fsp3) is 0.583. The normalized spacial score (nSPS) is 23.6. The first-order valence-electron chi connectivity index (χ1n) is 11.8. The number of hydrogen-bond donors (Lipinski definition) is 3. The lowest BCUT2D eigenvalue weighted by molar-refractivity contribution is 0.0699. The van der Waals surface area contributed by atoms with Gasteiger partial charge in [0.25, 0.3) is 0 Å². The second-order valence-electron chi connectivity index (χ2n) is 9.43. The molecule has 2 aromatic rings. The van der Waals surface area contributed by atoms with Crippen molar-refractivity contribution in [3.8, 4) is 11.3 Å². The van der Waals surface area contributed by atoms with Crippen LogP contribution in [0.2, 0.25) is 0 Å². The fourth-order valence-electron chi connectivity index (χ4n) is 4.58. The first-order chi connectivity index (χ1) is 15.9. The van der Waals surface area contributed by atoms with Gasteiger partial charge in [-0.3, -0.25) is 9.19 Å². The van der Waals surface area contributed by atoms with E-state index in [4.69, 9.17) is 9.72 Å². The Hall–Kier alpha value is -2.23. The van der Waals surface area contributed by atoms with E-state index in [2.05, 4.69) is 37.3 Å². The van der Waals surface area contributed by atoms with Crippen molar-refractivity contribution in [2.75, 3.05) is 36.6 Å². The molecule has 33 heavy (non-hydrogen) atoms. The zero-order valence-corrected chi connectivity index (χ0v) is 20.5. The van der Waals surface area contributed by atoms with E-state index in [9.17, 15) is 4.21 Å². The number of rotatable bonds is 8. The van der Waals surface area contributed by atoms with Crippen molar-refractivity contribution in [3.05, 3.63) is 30.2 Å². The van der Waals surface area contributed by atoms with Crippen LogP contribution in [0.15, 0.2) is 24.7 Å². The number of aromatic nitrogens is 3. The van der Waals surface area contributed by atoms with E-state index in [-0.39, 0.29) is 6.04 Å². The third-order valence-electron chi connectivity index (χ3n) is 6.42. The lowest BCUT2D eigenvalue weighted by Gasteiger charge is -2.30. The molecule has 9 heteroatoms. The molecule has 0 aromatic carbocycles. The second kappa shape index (κ2) is 10.8. The van der Waals surface area contributed by atoms with Gasteiger partial charge in [-0.2, -0.15) is 0 Å². The lowest BCUT2D eigenvalue weighted by Crippen LogP contribution is -2.39. The second-order valence-corrected chi connectivity index (χ2v) is 11.7. The van der Waals surface area contributed by atoms with Gasteiger partial charge in [0.2, 0.25) is 0 Å². The number of ether oxygens (including phenoxy) is 1. The number of nitrogens with zero attached hydrogens (tertiary/aromatic N) is 3. The Morgan fingerprint density at radius 3 is 2.52 bits per heavy atom. The molecule has 4 rings (SSSR count). The Morgan fingerprint density at radius 2 is 1.79 bits per heavy atom. The standard InChI is InChI=1S/C24H36N6O2S/c1-17-13-26-23(28-19-4-6-20(7-5-19)30-33(2,3)31)12-21(17)22-15-25-16-24(29-22)27-14-18-8-10-32-11-9-18/h12-13,15-16,18-20H,2,4-11,14H2,1,3H3,(H,26,28)(H,27,29)(H,30,31). The molecule has 1 saturated heterocycles. The van der Waals surface area contributed by atoms with E-state index in [0.717, 1.165) is 86.7 Å². The van der Waals surface area contributed by atoms with Crippen LogP contribution in [0.3, 0.4) is 0 Å². The molecular weight excluding hydrogens is 436 g/mol. The number of aryl methyl sites for hydroxylation is 1. The number of anilines is 2. The molecule has 2 aromatic heterocycles. The molecule has 0 amide bonds. The zero-order valence-electron chi connectivity index (χ0n) is 19.7. The van der Waals surface area contributed by atoms with Crippen LogP contribution < -0.4 is 15.4 Å². The Kier molecular flexibility index (Phi) is 7.82. The van der Waals surface area contributed by atoms with Gasteiger partial charge >= 0.3 is 0 Å². The largest absolute Gasteiger partial charge is 0.381 e. The van der Waals surface area contributed by atoms with Crippen molar-refractivity contribution in [1.29, 1.82) is 0 Å². The lowest BCUT2D eigenvalue weighted by atomic mass is 9.92. The summed E-state index contributed by atoms with van der Waals surface area (Å²) in [7, 11) is -2.16. The summed E-state index contributed by atoms with van der Waals surface area (Å²) in [6.07, 6.45) is 13.3. The number of nitrogens with one attached hydrogen (secondary N) is 3. The highest BCUT2D eigenvalue weighted by Crippen LogP contribution is 2.27. The van der Waals surface area contributed by atoms with Crippen molar-refractivity contribution < 1.29 is 8.95 Å². The maximum atomic E-state index is 11.9. The average molecular weight is 473 g/mol. The van der Waals surface area contributed by atoms with Gasteiger partial charge in [0.15, 0.2) is 0 Å². The van der Waals surface area contributed by atoms with Crippen LogP contribution in [0.4, 0.5) is 11.6 Å². The monoisotopic (exact) mass is 472 g/mol. The van der Waals surface area contributed by atoms with Crippen LogP contribution in [0.5, 0.6) is 0 Å². The van der Waals surface area contributed by atoms with Gasteiger partial charge in [0.1, 0.15) is 11.6 Å². The van der Waals surface area contributed by atoms with Gasteiger partial charge in [-0.15, -0.1) is 0 Å². The summed E-state index contributed by atoms with van der Waals surface area (Å²) in [4.78, 5) is 13.8. The highest BCUT2D eigenvalue weighted by molar-refractivity contribution is 7.97. The third kappa shape index (κ3) is 7.12. The van der Waals surface area contributed by atoms with Crippen LogP contribution >= 0.6 is 0 Å². The molecule has 3 N–H and O–H groups in total. The Balaban J connectivity index is 1.38. The molecule has 180 valence electrons. The van der Waals surface area contributed by atoms with Gasteiger partial charge in [-0.25, -0.2) is 14.7 Å². The van der Waals surface area contributed by atoms with Crippen molar-refractivity contribution in [2.24, 2.45) is 5.92 Å². The maximum absolute atomic E-state index is 11.9. The van der Waals surface area contributed by atoms with Crippen molar-refractivity contribution >= 4 is 27.2 Å². The first-order valence-corrected chi connectivity index (χ1v) is 14.0. The quantitative estimate of drug-likeness (QED) is 0.507. The molecule has 2 aliphatic rings. The molecular formula is C24H36N6O2S. The summed E-state index contributed by atoms with van der Waals surface area (Å²) in [5.41, 5.74) is 2.95. The smallest absolute Gasteiger partial charge is 0.145 e. The highest BCUT2D eigenvalue weighted by Gasteiger charge is 2.22. The predicted octanol–water partition coefficient (Wildman–Crippen LogP) is 3.26. The minimum atomic E-state index is -2.16. The summed E-state index contributed by atoms with van der Waals surface area (Å²) < 4.78 is 20.5. The van der Waals surface area contributed by atoms with E-state index in [0.29, 0.717) is 12.0 Å². The number of hydrogen-bond acceptors (Lipinski definition) is 7. The third-order valence-corrected chi connectivity index (χ3v) is 7.25. The van der Waals surface area contributed by atoms with E-state index in [1.165, 1.54) is 0 Å². The summed E-state index contributed by atoms with van der Waals surface area (Å²) >= 11 is 0. The van der Waals surface area contributed by atoms with E-state index >= 15 is 0 Å². The molecule has 0 spiro atoms. The summed E-state index contributed by atoms with van der Waals surface area (Å²) in [5.74, 6) is 5.98. The van der Waals surface area contributed by atoms with Crippen LogP contribution in [0.25, 0.3) is 11.3 Å². The predicted molar refractivity (Wildman–Crippen MR) is 136 cm³/mol. The van der Waals surface area contributed by atoms with Crippen LogP contribution in [0.1, 0.15) is 44.1 Å². The van der Waals surface area contributed by atoms with Gasteiger partial charge in [-0.05, 0) is 68.9 Å². The summed E-state index contributed by atoms with van der Waals surface area (Å²) in [6.45, 7) is 4.63. The zero-order chi connectivity index (χ0) is 23.3. The van der Waals surface area contributed by atoms with Gasteiger partial charge in [0.05, 0.1) is 18.1 Å². The van der Waals surface area contributed by atoms with Crippen LogP contribution in [-0.2, 0) is 14.4 Å². The molecule has 0 bridgehead atoms.